The molecule has 0 rings (SSSR count). The lowest BCUT2D eigenvalue weighted by molar-refractivity contribution is 0.545. The van der Waals surface area contributed by atoms with Crippen LogP contribution in [0.2, 0.25) is 12.6 Å². The Balaban J connectivity index is 2.94. The fourth-order valence-corrected chi connectivity index (χ4v) is 4.20. The van der Waals surface area contributed by atoms with Gasteiger partial charge in [-0.1, -0.05) is 84.0 Å². The minimum absolute atomic E-state index is 0.704. The zero-order valence-electron chi connectivity index (χ0n) is 13.2. The SMILES string of the molecule is CCCCCCCCCCCCCC[SiH](C)O[SiH3]. The molecule has 0 spiro atoms. The molecule has 0 aromatic carbocycles. The van der Waals surface area contributed by atoms with Crippen LogP contribution in [-0.2, 0) is 4.12 Å². The molecule has 0 saturated heterocycles. The Bertz CT molecular complexity index is 153. The van der Waals surface area contributed by atoms with Crippen LogP contribution in [0.4, 0.5) is 0 Å². The van der Waals surface area contributed by atoms with Gasteiger partial charge in [-0.3, -0.25) is 0 Å². The summed E-state index contributed by atoms with van der Waals surface area (Å²) in [5.41, 5.74) is 0. The molecule has 1 unspecified atom stereocenters. The van der Waals surface area contributed by atoms with Crippen LogP contribution in [0.1, 0.15) is 84.0 Å². The van der Waals surface area contributed by atoms with Crippen LogP contribution in [0.3, 0.4) is 0 Å². The van der Waals surface area contributed by atoms with E-state index < -0.39 is 9.04 Å². The minimum Gasteiger partial charge on any atom is -0.466 e. The van der Waals surface area contributed by atoms with Gasteiger partial charge in [0.2, 0.25) is 0 Å². The molecular formula is C15H36OSi2. The van der Waals surface area contributed by atoms with E-state index in [1.54, 1.807) is 0 Å². The van der Waals surface area contributed by atoms with Gasteiger partial charge in [0.05, 0.1) is 0 Å². The zero-order valence-corrected chi connectivity index (χ0v) is 16.3. The van der Waals surface area contributed by atoms with Crippen LogP contribution < -0.4 is 0 Å². The van der Waals surface area contributed by atoms with E-state index in [1.165, 1.54) is 83.1 Å². The highest BCUT2D eigenvalue weighted by atomic mass is 28.3. The maximum absolute atomic E-state index is 5.53. The van der Waals surface area contributed by atoms with Gasteiger partial charge < -0.3 is 4.12 Å². The second kappa shape index (κ2) is 15.5. The molecule has 0 aromatic heterocycles. The molecule has 0 radical (unpaired) electrons. The molecule has 0 aliphatic carbocycles. The Hall–Kier alpha value is 0.394. The summed E-state index contributed by atoms with van der Waals surface area (Å²) >= 11 is 0. The van der Waals surface area contributed by atoms with Gasteiger partial charge in [0.25, 0.3) is 0 Å². The molecule has 0 aliphatic heterocycles. The van der Waals surface area contributed by atoms with Gasteiger partial charge in [0.15, 0.2) is 9.04 Å². The Morgan fingerprint density at radius 1 is 0.722 bits per heavy atom. The molecule has 1 nitrogen and oxygen atoms in total. The van der Waals surface area contributed by atoms with Gasteiger partial charge in [0.1, 0.15) is 10.5 Å². The Morgan fingerprint density at radius 2 is 1.11 bits per heavy atom. The second-order valence-corrected chi connectivity index (χ2v) is 9.81. The normalized spacial score (nSPS) is 13.0. The van der Waals surface area contributed by atoms with Gasteiger partial charge in [0, 0.05) is 0 Å². The van der Waals surface area contributed by atoms with Crippen molar-refractivity contribution < 1.29 is 4.12 Å². The summed E-state index contributed by atoms with van der Waals surface area (Å²) in [6, 6.07) is 1.40. The van der Waals surface area contributed by atoms with E-state index in [-0.39, 0.29) is 0 Å². The lowest BCUT2D eigenvalue weighted by Crippen LogP contribution is -2.09. The minimum atomic E-state index is -0.704. The zero-order chi connectivity index (χ0) is 13.5. The third kappa shape index (κ3) is 14.5. The lowest BCUT2D eigenvalue weighted by Gasteiger charge is -2.07. The number of rotatable bonds is 14. The second-order valence-electron chi connectivity index (χ2n) is 5.72. The van der Waals surface area contributed by atoms with Crippen molar-refractivity contribution in [3.05, 3.63) is 0 Å². The third-order valence-electron chi connectivity index (χ3n) is 3.87. The van der Waals surface area contributed by atoms with Gasteiger partial charge in [-0.2, -0.15) is 0 Å². The maximum Gasteiger partial charge on any atom is 0.159 e. The first kappa shape index (κ1) is 18.4. The average molecular weight is 289 g/mol. The molecule has 0 aromatic rings. The first-order chi connectivity index (χ1) is 8.81. The van der Waals surface area contributed by atoms with Crippen LogP contribution >= 0.6 is 0 Å². The molecule has 0 amide bonds. The molecule has 0 bridgehead atoms. The van der Waals surface area contributed by atoms with Crippen LogP contribution in [0.25, 0.3) is 0 Å². The molecule has 0 saturated carbocycles. The van der Waals surface area contributed by atoms with Crippen molar-refractivity contribution in [1.29, 1.82) is 0 Å². The molecule has 0 heterocycles. The first-order valence-corrected chi connectivity index (χ1v) is 11.6. The molecule has 3 heteroatoms. The Kier molecular flexibility index (Phi) is 15.8. The maximum atomic E-state index is 5.53. The van der Waals surface area contributed by atoms with Gasteiger partial charge >= 0.3 is 0 Å². The highest BCUT2D eigenvalue weighted by molar-refractivity contribution is 6.54. The lowest BCUT2D eigenvalue weighted by atomic mass is 10.1. The van der Waals surface area contributed by atoms with Gasteiger partial charge in [-0.05, 0) is 12.6 Å². The monoisotopic (exact) mass is 288 g/mol. The fourth-order valence-electron chi connectivity index (χ4n) is 2.39. The largest absolute Gasteiger partial charge is 0.466 e. The number of unbranched alkanes of at least 4 members (excludes halogenated alkanes) is 11. The van der Waals surface area contributed by atoms with Crippen molar-refractivity contribution in [1.82, 2.24) is 0 Å². The smallest absolute Gasteiger partial charge is 0.159 e. The predicted molar refractivity (Wildman–Crippen MR) is 89.9 cm³/mol. The van der Waals surface area contributed by atoms with Crippen molar-refractivity contribution >= 4 is 19.5 Å². The van der Waals surface area contributed by atoms with Crippen molar-refractivity contribution in [2.75, 3.05) is 0 Å². The standard InChI is InChI=1S/C15H36OSi2/c1-3-4-5-6-7-8-9-10-11-12-13-14-15-18(2)16-17/h18H,3-15H2,1-2,17H3. The van der Waals surface area contributed by atoms with E-state index in [9.17, 15) is 0 Å². The van der Waals surface area contributed by atoms with E-state index in [0.717, 1.165) is 10.5 Å². The quantitative estimate of drug-likeness (QED) is 0.341. The molecule has 0 aliphatic rings. The fraction of sp³-hybridized carbons (Fsp3) is 1.00. The van der Waals surface area contributed by atoms with E-state index in [0.29, 0.717) is 0 Å². The van der Waals surface area contributed by atoms with Crippen LogP contribution in [0.15, 0.2) is 0 Å². The first-order valence-electron chi connectivity index (χ1n) is 8.34. The topological polar surface area (TPSA) is 9.23 Å². The van der Waals surface area contributed by atoms with Crippen molar-refractivity contribution in [2.45, 2.75) is 96.6 Å². The van der Waals surface area contributed by atoms with E-state index >= 15 is 0 Å². The Labute approximate surface area is 120 Å². The molecule has 110 valence electrons. The van der Waals surface area contributed by atoms with Crippen molar-refractivity contribution in [3.63, 3.8) is 0 Å². The highest BCUT2D eigenvalue weighted by Gasteiger charge is 2.00. The van der Waals surface area contributed by atoms with E-state index in [1.807, 2.05) is 0 Å². The van der Waals surface area contributed by atoms with Crippen molar-refractivity contribution in [2.24, 2.45) is 0 Å². The summed E-state index contributed by atoms with van der Waals surface area (Å²) in [7, 11) is 0.252. The number of hydrogen-bond donors (Lipinski definition) is 0. The molecular weight excluding hydrogens is 252 g/mol. The van der Waals surface area contributed by atoms with E-state index in [2.05, 4.69) is 13.5 Å². The summed E-state index contributed by atoms with van der Waals surface area (Å²) in [5, 5.41) is 0. The summed E-state index contributed by atoms with van der Waals surface area (Å²) in [5.74, 6) is 0. The molecule has 18 heavy (non-hydrogen) atoms. The van der Waals surface area contributed by atoms with Crippen LogP contribution in [-0.4, -0.2) is 19.5 Å². The van der Waals surface area contributed by atoms with Crippen molar-refractivity contribution in [3.8, 4) is 0 Å². The van der Waals surface area contributed by atoms with E-state index in [4.69, 9.17) is 4.12 Å². The number of hydrogen-bond acceptors (Lipinski definition) is 1. The summed E-state index contributed by atoms with van der Waals surface area (Å²) in [6.07, 6.45) is 17.4. The predicted octanol–water partition coefficient (Wildman–Crippen LogP) is 4.34. The van der Waals surface area contributed by atoms with Crippen LogP contribution in [0.5, 0.6) is 0 Å². The molecule has 0 fully saturated rings. The average Bonchev–Trinajstić information content (AvgIpc) is 2.39. The summed E-state index contributed by atoms with van der Waals surface area (Å²) in [6.45, 7) is 4.63. The van der Waals surface area contributed by atoms with Crippen LogP contribution in [0, 0.1) is 0 Å². The third-order valence-corrected chi connectivity index (χ3v) is 8.31. The van der Waals surface area contributed by atoms with Gasteiger partial charge in [-0.25, -0.2) is 0 Å². The molecule has 1 atom stereocenters. The molecule has 0 N–H and O–H groups in total. The Morgan fingerprint density at radius 3 is 1.50 bits per heavy atom. The highest BCUT2D eigenvalue weighted by Crippen LogP contribution is 2.13. The summed E-state index contributed by atoms with van der Waals surface area (Å²) in [4.78, 5) is 0. The van der Waals surface area contributed by atoms with Gasteiger partial charge in [-0.15, -0.1) is 0 Å². The summed E-state index contributed by atoms with van der Waals surface area (Å²) < 4.78 is 5.53.